The summed E-state index contributed by atoms with van der Waals surface area (Å²) in [5.74, 6) is 2.30. The van der Waals surface area contributed by atoms with E-state index in [1.54, 1.807) is 0 Å². The van der Waals surface area contributed by atoms with Gasteiger partial charge < -0.3 is 15.1 Å². The van der Waals surface area contributed by atoms with E-state index in [0.717, 1.165) is 30.8 Å². The Balaban J connectivity index is 1.76. The maximum atomic E-state index is 4.52. The predicted octanol–water partition coefficient (Wildman–Crippen LogP) is 1.42. The van der Waals surface area contributed by atoms with Crippen LogP contribution in [0.1, 0.15) is 27.2 Å². The van der Waals surface area contributed by atoms with Crippen LogP contribution in [0.5, 0.6) is 0 Å². The van der Waals surface area contributed by atoms with Gasteiger partial charge in [-0.25, -0.2) is 0 Å². The number of hydrogen-bond donors (Lipinski definition) is 1. The van der Waals surface area contributed by atoms with E-state index >= 15 is 0 Å². The van der Waals surface area contributed by atoms with Crippen LogP contribution in [0.3, 0.4) is 0 Å². The Morgan fingerprint density at radius 2 is 1.96 bits per heavy atom. The predicted molar refractivity (Wildman–Crippen MR) is 103 cm³/mol. The molecule has 2 rings (SSSR count). The summed E-state index contributed by atoms with van der Waals surface area (Å²) in [6.07, 6.45) is 1.25. The summed E-state index contributed by atoms with van der Waals surface area (Å²) in [5, 5.41) is 4.37. The number of likely N-dealkylation sites (N-methyl/N-ethyl adjacent to an activating group) is 1. The van der Waals surface area contributed by atoms with Crippen LogP contribution in [-0.4, -0.2) is 97.1 Å². The lowest BCUT2D eigenvalue weighted by atomic mass is 10.2. The third-order valence-corrected chi connectivity index (χ3v) is 6.51. The SMILES string of the molecule is CCC1CN(C(=NC)NCC(C)N2CCN(CC)CC2)CCS1. The van der Waals surface area contributed by atoms with Gasteiger partial charge in [0, 0.05) is 69.9 Å². The molecule has 2 aliphatic rings. The highest BCUT2D eigenvalue weighted by Gasteiger charge is 2.23. The summed E-state index contributed by atoms with van der Waals surface area (Å²) in [5.41, 5.74) is 0. The largest absolute Gasteiger partial charge is 0.355 e. The summed E-state index contributed by atoms with van der Waals surface area (Å²) in [6, 6.07) is 0.562. The molecule has 0 aromatic rings. The van der Waals surface area contributed by atoms with Crippen molar-refractivity contribution >= 4 is 17.7 Å². The Hall–Kier alpha value is -0.460. The fourth-order valence-corrected chi connectivity index (χ4v) is 4.56. The molecule has 134 valence electrons. The van der Waals surface area contributed by atoms with E-state index in [-0.39, 0.29) is 0 Å². The Labute approximate surface area is 146 Å². The minimum absolute atomic E-state index is 0.562. The van der Waals surface area contributed by atoms with Gasteiger partial charge in [-0.05, 0) is 19.9 Å². The molecule has 2 atom stereocenters. The van der Waals surface area contributed by atoms with Crippen LogP contribution < -0.4 is 5.32 Å². The van der Waals surface area contributed by atoms with E-state index in [2.05, 4.69) is 57.5 Å². The zero-order valence-electron chi connectivity index (χ0n) is 15.4. The third kappa shape index (κ3) is 5.54. The maximum absolute atomic E-state index is 4.52. The number of thioether (sulfide) groups is 1. The minimum Gasteiger partial charge on any atom is -0.355 e. The van der Waals surface area contributed by atoms with Crippen molar-refractivity contribution in [3.8, 4) is 0 Å². The van der Waals surface area contributed by atoms with Gasteiger partial charge in [0.2, 0.25) is 0 Å². The Morgan fingerprint density at radius 3 is 2.57 bits per heavy atom. The smallest absolute Gasteiger partial charge is 0.193 e. The number of nitrogens with one attached hydrogen (secondary N) is 1. The lowest BCUT2D eigenvalue weighted by Gasteiger charge is -2.39. The van der Waals surface area contributed by atoms with E-state index < -0.39 is 0 Å². The summed E-state index contributed by atoms with van der Waals surface area (Å²) < 4.78 is 0. The number of hydrogen-bond acceptors (Lipinski definition) is 4. The van der Waals surface area contributed by atoms with Crippen LogP contribution in [0.2, 0.25) is 0 Å². The standard InChI is InChI=1S/C17H35N5S/c1-5-16-14-22(11-12-23-16)17(18-4)19-13-15(3)21-9-7-20(6-2)8-10-21/h15-16H,5-14H2,1-4H3,(H,18,19). The molecule has 2 fully saturated rings. The molecule has 1 N–H and O–H groups in total. The van der Waals surface area contributed by atoms with E-state index in [1.165, 1.54) is 44.9 Å². The number of aliphatic imine (C=N–C) groups is 1. The Morgan fingerprint density at radius 1 is 1.22 bits per heavy atom. The number of piperazine rings is 1. The first-order valence-electron chi connectivity index (χ1n) is 9.21. The normalized spacial score (nSPS) is 26.3. The van der Waals surface area contributed by atoms with Crippen molar-refractivity contribution in [2.45, 2.75) is 38.5 Å². The van der Waals surface area contributed by atoms with Gasteiger partial charge >= 0.3 is 0 Å². The lowest BCUT2D eigenvalue weighted by Crippen LogP contribution is -2.54. The molecule has 0 saturated carbocycles. The zero-order chi connectivity index (χ0) is 16.7. The molecule has 0 aromatic carbocycles. The minimum atomic E-state index is 0.562. The number of guanidine groups is 1. The molecule has 0 aromatic heterocycles. The average Bonchev–Trinajstić information content (AvgIpc) is 2.62. The molecule has 23 heavy (non-hydrogen) atoms. The molecule has 2 heterocycles. The van der Waals surface area contributed by atoms with Crippen molar-refractivity contribution in [2.24, 2.45) is 4.99 Å². The lowest BCUT2D eigenvalue weighted by molar-refractivity contribution is 0.107. The highest BCUT2D eigenvalue weighted by atomic mass is 32.2. The topological polar surface area (TPSA) is 34.1 Å². The monoisotopic (exact) mass is 341 g/mol. The van der Waals surface area contributed by atoms with Gasteiger partial charge in [-0.15, -0.1) is 0 Å². The molecular weight excluding hydrogens is 306 g/mol. The summed E-state index contributed by atoms with van der Waals surface area (Å²) in [6.45, 7) is 16.1. The second kappa shape index (κ2) is 9.74. The van der Waals surface area contributed by atoms with E-state index in [4.69, 9.17) is 0 Å². The summed E-state index contributed by atoms with van der Waals surface area (Å²) in [7, 11) is 1.91. The van der Waals surface area contributed by atoms with Gasteiger partial charge in [0.15, 0.2) is 5.96 Å². The van der Waals surface area contributed by atoms with Gasteiger partial charge in [0.25, 0.3) is 0 Å². The van der Waals surface area contributed by atoms with E-state index in [1.807, 2.05) is 7.05 Å². The van der Waals surface area contributed by atoms with Gasteiger partial charge in [0.1, 0.15) is 0 Å². The average molecular weight is 342 g/mol. The van der Waals surface area contributed by atoms with E-state index in [0.29, 0.717) is 6.04 Å². The summed E-state index contributed by atoms with van der Waals surface area (Å²) >= 11 is 2.11. The first-order chi connectivity index (χ1) is 11.2. The van der Waals surface area contributed by atoms with Crippen LogP contribution in [0.15, 0.2) is 4.99 Å². The second-order valence-corrected chi connectivity index (χ2v) is 8.00. The van der Waals surface area contributed by atoms with Crippen molar-refractivity contribution in [1.82, 2.24) is 20.0 Å². The van der Waals surface area contributed by atoms with Gasteiger partial charge in [-0.3, -0.25) is 9.89 Å². The second-order valence-electron chi connectivity index (χ2n) is 6.59. The molecule has 6 heteroatoms. The molecule has 0 spiro atoms. The third-order valence-electron chi connectivity index (χ3n) is 5.14. The van der Waals surface area contributed by atoms with Gasteiger partial charge in [-0.2, -0.15) is 11.8 Å². The highest BCUT2D eigenvalue weighted by molar-refractivity contribution is 8.00. The van der Waals surface area contributed by atoms with Crippen molar-refractivity contribution in [3.63, 3.8) is 0 Å². The molecule has 2 unspecified atom stereocenters. The first kappa shape index (κ1) is 18.9. The molecular formula is C17H35N5S. The Bertz CT molecular complexity index is 368. The molecule has 2 saturated heterocycles. The molecule has 0 radical (unpaired) electrons. The molecule has 0 aliphatic carbocycles. The van der Waals surface area contributed by atoms with Crippen LogP contribution in [0.4, 0.5) is 0 Å². The van der Waals surface area contributed by atoms with Crippen LogP contribution in [0, 0.1) is 0 Å². The fourth-order valence-electron chi connectivity index (χ4n) is 3.38. The van der Waals surface area contributed by atoms with Gasteiger partial charge in [0.05, 0.1) is 0 Å². The first-order valence-corrected chi connectivity index (χ1v) is 10.3. The van der Waals surface area contributed by atoms with Crippen molar-refractivity contribution in [1.29, 1.82) is 0 Å². The molecule has 0 amide bonds. The van der Waals surface area contributed by atoms with Crippen molar-refractivity contribution in [3.05, 3.63) is 0 Å². The van der Waals surface area contributed by atoms with Crippen molar-refractivity contribution < 1.29 is 0 Å². The molecule has 0 bridgehead atoms. The fraction of sp³-hybridized carbons (Fsp3) is 0.941. The zero-order valence-corrected chi connectivity index (χ0v) is 16.2. The maximum Gasteiger partial charge on any atom is 0.193 e. The number of nitrogens with zero attached hydrogens (tertiary/aromatic N) is 4. The quantitative estimate of drug-likeness (QED) is 0.604. The van der Waals surface area contributed by atoms with Crippen LogP contribution in [0.25, 0.3) is 0 Å². The van der Waals surface area contributed by atoms with Crippen LogP contribution >= 0.6 is 11.8 Å². The van der Waals surface area contributed by atoms with Crippen LogP contribution in [-0.2, 0) is 0 Å². The Kier molecular flexibility index (Phi) is 7.99. The van der Waals surface area contributed by atoms with Gasteiger partial charge in [-0.1, -0.05) is 13.8 Å². The summed E-state index contributed by atoms with van der Waals surface area (Å²) in [4.78, 5) is 12.1. The molecule has 2 aliphatic heterocycles. The van der Waals surface area contributed by atoms with Crippen molar-refractivity contribution in [2.75, 3.05) is 65.2 Å². The number of rotatable bonds is 5. The highest BCUT2D eigenvalue weighted by Crippen LogP contribution is 2.21. The van der Waals surface area contributed by atoms with E-state index in [9.17, 15) is 0 Å². The molecule has 5 nitrogen and oxygen atoms in total.